The fourth-order valence-electron chi connectivity index (χ4n) is 2.84. The van der Waals surface area contributed by atoms with E-state index >= 15 is 0 Å². The van der Waals surface area contributed by atoms with Gasteiger partial charge in [-0.1, -0.05) is 30.3 Å². The lowest BCUT2D eigenvalue weighted by Gasteiger charge is -2.27. The molecule has 0 fully saturated rings. The number of nitrogens with zero attached hydrogens (tertiary/aromatic N) is 1. The number of nitrogen functional groups attached to an aromatic ring is 1. The van der Waals surface area contributed by atoms with Crippen LogP contribution in [-0.4, -0.2) is 6.54 Å². The molecule has 0 atom stereocenters. The molecule has 0 spiro atoms. The molecule has 2 heteroatoms. The molecule has 0 saturated heterocycles. The molecule has 0 amide bonds. The highest BCUT2D eigenvalue weighted by molar-refractivity contribution is 5.78. The Morgan fingerprint density at radius 2 is 1.74 bits per heavy atom. The summed E-state index contributed by atoms with van der Waals surface area (Å²) in [5.74, 6) is 0. The van der Waals surface area contributed by atoms with Crippen LogP contribution in [0.25, 0.3) is 0 Å². The minimum Gasteiger partial charge on any atom is -0.397 e. The van der Waals surface area contributed by atoms with E-state index in [0.29, 0.717) is 0 Å². The minimum absolute atomic E-state index is 0.902. The lowest BCUT2D eigenvalue weighted by molar-refractivity contribution is 0.761. The van der Waals surface area contributed by atoms with Gasteiger partial charge in [-0.05, 0) is 49.4 Å². The molecule has 1 aliphatic heterocycles. The molecular formula is C17H20N2. The van der Waals surface area contributed by atoms with Crippen LogP contribution in [0.4, 0.5) is 17.1 Å². The summed E-state index contributed by atoms with van der Waals surface area (Å²) in [4.78, 5) is 2.38. The van der Waals surface area contributed by atoms with Crippen LogP contribution >= 0.6 is 0 Å². The number of aryl methyl sites for hydroxylation is 2. The second-order valence-corrected chi connectivity index (χ2v) is 5.25. The first-order valence-corrected chi connectivity index (χ1v) is 6.98. The van der Waals surface area contributed by atoms with E-state index in [1.165, 1.54) is 30.5 Å². The Hall–Kier alpha value is -1.96. The van der Waals surface area contributed by atoms with Crippen molar-refractivity contribution < 1.29 is 0 Å². The van der Waals surface area contributed by atoms with Crippen LogP contribution < -0.4 is 10.6 Å². The quantitative estimate of drug-likeness (QED) is 0.776. The Labute approximate surface area is 114 Å². The van der Waals surface area contributed by atoms with Gasteiger partial charge in [-0.25, -0.2) is 0 Å². The number of nitrogens with two attached hydrogens (primary N) is 1. The lowest BCUT2D eigenvalue weighted by atomic mass is 10.1. The number of benzene rings is 2. The molecule has 2 aromatic rings. The van der Waals surface area contributed by atoms with Crippen molar-refractivity contribution in [3.63, 3.8) is 0 Å². The van der Waals surface area contributed by atoms with E-state index in [1.54, 1.807) is 0 Å². The second-order valence-electron chi connectivity index (χ2n) is 5.25. The summed E-state index contributed by atoms with van der Waals surface area (Å²) < 4.78 is 0. The highest BCUT2D eigenvalue weighted by atomic mass is 15.1. The van der Waals surface area contributed by atoms with E-state index in [0.717, 1.165) is 23.5 Å². The molecule has 1 aliphatic rings. The van der Waals surface area contributed by atoms with Crippen molar-refractivity contribution in [1.29, 1.82) is 0 Å². The average Bonchev–Trinajstić information content (AvgIpc) is 2.64. The third kappa shape index (κ3) is 2.19. The van der Waals surface area contributed by atoms with Crippen LogP contribution in [0.1, 0.15) is 24.0 Å². The molecule has 0 saturated carbocycles. The van der Waals surface area contributed by atoms with E-state index in [9.17, 15) is 0 Å². The Morgan fingerprint density at radius 1 is 0.947 bits per heavy atom. The van der Waals surface area contributed by atoms with E-state index in [2.05, 4.69) is 54.3 Å². The normalized spacial score (nSPS) is 14.9. The highest BCUT2D eigenvalue weighted by Gasteiger charge is 2.18. The fraction of sp³-hybridized carbons (Fsp3) is 0.294. The highest BCUT2D eigenvalue weighted by Crippen LogP contribution is 2.36. The van der Waals surface area contributed by atoms with Gasteiger partial charge >= 0.3 is 0 Å². The SMILES string of the molecule is Cc1cccc(N2CCCCc3ccccc32)c1N. The summed E-state index contributed by atoms with van der Waals surface area (Å²) in [5.41, 5.74) is 12.2. The first-order chi connectivity index (χ1) is 9.27. The predicted octanol–water partition coefficient (Wildman–Crippen LogP) is 4.05. The van der Waals surface area contributed by atoms with Crippen molar-refractivity contribution in [1.82, 2.24) is 0 Å². The maximum Gasteiger partial charge on any atom is 0.0647 e. The van der Waals surface area contributed by atoms with Gasteiger partial charge in [0.2, 0.25) is 0 Å². The van der Waals surface area contributed by atoms with Gasteiger partial charge in [0.1, 0.15) is 0 Å². The summed E-state index contributed by atoms with van der Waals surface area (Å²) in [6.07, 6.45) is 3.62. The maximum atomic E-state index is 6.28. The summed E-state index contributed by atoms with van der Waals surface area (Å²) in [6, 6.07) is 15.0. The molecule has 0 aromatic heterocycles. The van der Waals surface area contributed by atoms with Gasteiger partial charge in [-0.15, -0.1) is 0 Å². The summed E-state index contributed by atoms with van der Waals surface area (Å²) in [5, 5.41) is 0. The van der Waals surface area contributed by atoms with Gasteiger partial charge in [0.25, 0.3) is 0 Å². The van der Waals surface area contributed by atoms with Crippen molar-refractivity contribution in [2.75, 3.05) is 17.2 Å². The van der Waals surface area contributed by atoms with E-state index in [4.69, 9.17) is 5.73 Å². The van der Waals surface area contributed by atoms with Crippen LogP contribution in [-0.2, 0) is 6.42 Å². The maximum absolute atomic E-state index is 6.28. The molecule has 0 unspecified atom stereocenters. The molecule has 0 bridgehead atoms. The van der Waals surface area contributed by atoms with E-state index < -0.39 is 0 Å². The Balaban J connectivity index is 2.12. The standard InChI is InChI=1S/C17H20N2/c1-13-7-6-11-16(17(13)18)19-12-5-4-9-14-8-2-3-10-15(14)19/h2-3,6-8,10-11H,4-5,9,12,18H2,1H3. The molecule has 2 aromatic carbocycles. The molecular weight excluding hydrogens is 232 g/mol. The molecule has 2 nitrogen and oxygen atoms in total. The van der Waals surface area contributed by atoms with Crippen LogP contribution in [0.15, 0.2) is 42.5 Å². The molecule has 3 rings (SSSR count). The summed E-state index contributed by atoms with van der Waals surface area (Å²) in [6.45, 7) is 3.12. The van der Waals surface area contributed by atoms with Crippen molar-refractivity contribution in [2.24, 2.45) is 0 Å². The van der Waals surface area contributed by atoms with Gasteiger partial charge in [-0.2, -0.15) is 0 Å². The Morgan fingerprint density at radius 3 is 2.63 bits per heavy atom. The zero-order valence-electron chi connectivity index (χ0n) is 11.4. The largest absolute Gasteiger partial charge is 0.397 e. The molecule has 0 radical (unpaired) electrons. The molecule has 0 aliphatic carbocycles. The van der Waals surface area contributed by atoms with Gasteiger partial charge < -0.3 is 10.6 Å². The van der Waals surface area contributed by atoms with Crippen LogP contribution in [0, 0.1) is 6.92 Å². The first kappa shape index (κ1) is 12.1. The van der Waals surface area contributed by atoms with E-state index in [-0.39, 0.29) is 0 Å². The summed E-state index contributed by atoms with van der Waals surface area (Å²) >= 11 is 0. The first-order valence-electron chi connectivity index (χ1n) is 6.98. The average molecular weight is 252 g/mol. The number of para-hydroxylation sites is 2. The Kier molecular flexibility index (Phi) is 3.16. The number of fused-ring (bicyclic) bond motifs is 1. The Bertz CT molecular complexity index is 590. The third-order valence-electron chi connectivity index (χ3n) is 3.95. The smallest absolute Gasteiger partial charge is 0.0647 e. The second kappa shape index (κ2) is 4.96. The van der Waals surface area contributed by atoms with Crippen molar-refractivity contribution in [3.05, 3.63) is 53.6 Å². The monoisotopic (exact) mass is 252 g/mol. The minimum atomic E-state index is 0.902. The lowest BCUT2D eigenvalue weighted by Crippen LogP contribution is -2.19. The van der Waals surface area contributed by atoms with Gasteiger partial charge in [0.15, 0.2) is 0 Å². The summed E-state index contributed by atoms with van der Waals surface area (Å²) in [7, 11) is 0. The number of anilines is 3. The number of rotatable bonds is 1. The fourth-order valence-corrected chi connectivity index (χ4v) is 2.84. The molecule has 98 valence electrons. The van der Waals surface area contributed by atoms with Crippen molar-refractivity contribution >= 4 is 17.1 Å². The van der Waals surface area contributed by atoms with Gasteiger partial charge in [0.05, 0.1) is 11.4 Å². The molecule has 1 heterocycles. The van der Waals surface area contributed by atoms with E-state index in [1.807, 2.05) is 0 Å². The van der Waals surface area contributed by atoms with Crippen LogP contribution in [0.2, 0.25) is 0 Å². The van der Waals surface area contributed by atoms with Gasteiger partial charge in [0, 0.05) is 12.2 Å². The van der Waals surface area contributed by atoms with Crippen molar-refractivity contribution in [3.8, 4) is 0 Å². The third-order valence-corrected chi connectivity index (χ3v) is 3.95. The van der Waals surface area contributed by atoms with Crippen LogP contribution in [0.3, 0.4) is 0 Å². The van der Waals surface area contributed by atoms with Gasteiger partial charge in [-0.3, -0.25) is 0 Å². The zero-order chi connectivity index (χ0) is 13.2. The van der Waals surface area contributed by atoms with Crippen LogP contribution in [0.5, 0.6) is 0 Å². The number of hydrogen-bond acceptors (Lipinski definition) is 2. The molecule has 19 heavy (non-hydrogen) atoms. The predicted molar refractivity (Wildman–Crippen MR) is 82.0 cm³/mol. The van der Waals surface area contributed by atoms with Crippen molar-refractivity contribution in [2.45, 2.75) is 26.2 Å². The topological polar surface area (TPSA) is 29.3 Å². The zero-order valence-corrected chi connectivity index (χ0v) is 11.4. The number of hydrogen-bond donors (Lipinski definition) is 1. The molecule has 2 N–H and O–H groups in total.